The number of nitrogens with zero attached hydrogens (tertiary/aromatic N) is 6. The first kappa shape index (κ1) is 76.4. The fourth-order valence-electron chi connectivity index (χ4n) is 6.80. The molecule has 0 bridgehead atoms. The van der Waals surface area contributed by atoms with E-state index in [9.17, 15) is 41.1 Å². The van der Waals surface area contributed by atoms with Crippen LogP contribution >= 0.6 is 70.4 Å². The van der Waals surface area contributed by atoms with Crippen LogP contribution in [0.3, 0.4) is 0 Å². The van der Waals surface area contributed by atoms with Gasteiger partial charge in [-0.3, -0.25) is 53.1 Å². The molecule has 448 valence electrons. The molecule has 39 heteroatoms. The molecular weight excluding hydrogens is 1260 g/mol. The molecular formula is C42H61Cl2F3N9NaO18P6. The summed E-state index contributed by atoms with van der Waals surface area (Å²) in [6.45, 7) is 12.7. The minimum Gasteiger partial charge on any atom is -0.776 e. The monoisotopic (exact) mass is 1320 g/mol. The van der Waals surface area contributed by atoms with Crippen LogP contribution in [0.25, 0.3) is 33.4 Å². The average Bonchev–Trinajstić information content (AvgIpc) is 4.13. The van der Waals surface area contributed by atoms with Gasteiger partial charge in [-0.1, -0.05) is 0 Å². The van der Waals surface area contributed by atoms with Crippen molar-refractivity contribution in [1.82, 2.24) is 45.5 Å². The van der Waals surface area contributed by atoms with E-state index >= 15 is 4.39 Å². The van der Waals surface area contributed by atoms with Crippen molar-refractivity contribution < 1.29 is 127 Å². The van der Waals surface area contributed by atoms with E-state index in [1.54, 1.807) is 80.0 Å². The summed E-state index contributed by atoms with van der Waals surface area (Å²) >= 11 is 0. The Balaban J connectivity index is 0.000000617. The van der Waals surface area contributed by atoms with Gasteiger partial charge in [0.1, 0.15) is 0 Å². The maximum absolute atomic E-state index is 17.4. The van der Waals surface area contributed by atoms with Gasteiger partial charge in [-0.2, -0.15) is 15.3 Å². The van der Waals surface area contributed by atoms with Gasteiger partial charge in [-0.25, -0.2) is 13.2 Å². The number of alkyl halides is 3. The quantitative estimate of drug-likeness (QED) is 0.0262. The van der Waals surface area contributed by atoms with E-state index in [1.165, 1.54) is 55.5 Å². The predicted octanol–water partition coefficient (Wildman–Crippen LogP) is 5.93. The third-order valence-corrected chi connectivity index (χ3v) is 23.7. The zero-order valence-corrected chi connectivity index (χ0v) is 53.5. The van der Waals surface area contributed by atoms with Crippen molar-refractivity contribution in [2.45, 2.75) is 115 Å². The molecule has 0 fully saturated rings. The third kappa shape index (κ3) is 19.7. The van der Waals surface area contributed by atoms with Crippen molar-refractivity contribution in [2.75, 3.05) is 0 Å². The zero-order valence-electron chi connectivity index (χ0n) is 44.5. The van der Waals surface area contributed by atoms with Crippen LogP contribution in [-0.2, 0) is 64.7 Å². The molecule has 0 spiro atoms. The molecule has 6 heterocycles. The second-order valence-corrected chi connectivity index (χ2v) is 30.6. The van der Waals surface area contributed by atoms with Crippen LogP contribution in [0.1, 0.15) is 72.1 Å². The van der Waals surface area contributed by atoms with Crippen LogP contribution < -0.4 is 34.5 Å². The maximum atomic E-state index is 17.4. The third-order valence-electron chi connectivity index (χ3n) is 10.2. The number of hydrogen-bond acceptors (Lipinski definition) is 17. The van der Waals surface area contributed by atoms with E-state index in [0.29, 0.717) is 33.4 Å². The summed E-state index contributed by atoms with van der Waals surface area (Å²) in [7, 11) is -32.7. The van der Waals surface area contributed by atoms with Gasteiger partial charge >= 0.3 is 77.8 Å². The number of halogens is 5. The van der Waals surface area contributed by atoms with E-state index in [1.807, 2.05) is 0 Å². The first-order valence-electron chi connectivity index (χ1n) is 22.8. The van der Waals surface area contributed by atoms with Crippen molar-refractivity contribution in [1.29, 1.82) is 0 Å². The molecule has 81 heavy (non-hydrogen) atoms. The smallest absolute Gasteiger partial charge is 0.776 e. The average molecular weight is 1320 g/mol. The Morgan fingerprint density at radius 1 is 0.444 bits per heavy atom. The van der Waals surface area contributed by atoms with Crippen molar-refractivity contribution in [3.8, 4) is 33.4 Å². The molecule has 27 nitrogen and oxygen atoms in total. The Hall–Kier alpha value is -2.65. The Kier molecular flexibility index (Phi) is 28.9. The van der Waals surface area contributed by atoms with Crippen molar-refractivity contribution in [2.24, 2.45) is 0 Å². The second kappa shape index (κ2) is 30.6. The molecule has 2 atom stereocenters. The molecule has 0 aliphatic rings. The Bertz CT molecular complexity index is 2970. The minimum atomic E-state index is -5.98. The van der Waals surface area contributed by atoms with E-state index < -0.39 is 105 Å². The molecule has 0 radical (unpaired) electrons. The first-order valence-corrected chi connectivity index (χ1v) is 32.3. The van der Waals surface area contributed by atoms with Crippen LogP contribution in [0.15, 0.2) is 92.6 Å². The van der Waals surface area contributed by atoms with Gasteiger partial charge in [-0.05, 0) is 90.3 Å². The minimum absolute atomic E-state index is 0. The number of aromatic nitrogens is 9. The largest absolute Gasteiger partial charge is 1.00 e. The van der Waals surface area contributed by atoms with Gasteiger partial charge in [0, 0.05) is 108 Å². The summed E-state index contributed by atoms with van der Waals surface area (Å²) in [5.74, 6) is 0. The van der Waals surface area contributed by atoms with E-state index in [2.05, 4.69) is 45.5 Å². The summed E-state index contributed by atoms with van der Waals surface area (Å²) in [6.07, 6.45) is 11.2. The van der Waals surface area contributed by atoms with Gasteiger partial charge < -0.3 is 61.8 Å². The Morgan fingerprint density at radius 3 is 0.901 bits per heavy atom. The first-order chi connectivity index (χ1) is 35.8. The summed E-state index contributed by atoms with van der Waals surface area (Å²) in [6, 6.07) is 4.26. The van der Waals surface area contributed by atoms with Gasteiger partial charge in [0.05, 0.1) is 43.0 Å². The molecule has 6 aromatic heterocycles. The van der Waals surface area contributed by atoms with Crippen LogP contribution in [0, 0.1) is 0 Å². The number of aromatic amines is 3. The van der Waals surface area contributed by atoms with Gasteiger partial charge in [-0.15, -0.1) is 24.8 Å². The van der Waals surface area contributed by atoms with Crippen LogP contribution in [-0.4, -0.2) is 120 Å². The van der Waals surface area contributed by atoms with Crippen molar-refractivity contribution in [3.63, 3.8) is 0 Å². The van der Waals surface area contributed by atoms with E-state index in [0.717, 1.165) is 18.0 Å². The van der Waals surface area contributed by atoms with Crippen LogP contribution in [0.4, 0.5) is 13.2 Å². The Morgan fingerprint density at radius 2 is 0.691 bits per heavy atom. The number of H-pyrrole nitrogens is 3. The number of pyridine rings is 3. The molecule has 0 amide bonds. The normalized spacial score (nSPS) is 14.1. The molecule has 0 aromatic carbocycles. The molecule has 0 saturated carbocycles. The standard InChI is InChI=1S/C22H36FN3O6P2.2C10H12FN3O6P2.2ClH.Na/c1-15(2)29-33(27,30-16(3)4)22(23,34(28,31-17(5)6)32-18(7)8)10-19-9-20(12-24-11-19)21-13-25-26-14-21;2*11-10(21(15,16)17,22(18,19)20)2-7-1-8(4-12-3-7)9-5-13-14-6-9;;;/h9,11-18H,10H2,1-8H3,(H,25,26);2*1,3-6H,2H2,(H,13,14)(H2,15,16,17)(H2,18,19,20);2*1H;/q;;;;;+1/p-1. The molecule has 0 aliphatic carbocycles. The predicted molar refractivity (Wildman–Crippen MR) is 289 cm³/mol. The van der Waals surface area contributed by atoms with Crippen molar-refractivity contribution >= 4 is 70.4 Å². The fourth-order valence-corrected chi connectivity index (χ4v) is 16.5. The van der Waals surface area contributed by atoms with E-state index in [4.69, 9.17) is 52.3 Å². The van der Waals surface area contributed by atoms with Crippen LogP contribution in [0.5, 0.6) is 0 Å². The molecule has 6 rings (SSSR count). The second-order valence-electron chi connectivity index (χ2n) is 18.2. The Labute approximate surface area is 497 Å². The van der Waals surface area contributed by atoms with E-state index in [-0.39, 0.29) is 65.5 Å². The van der Waals surface area contributed by atoms with Crippen molar-refractivity contribution in [3.05, 3.63) is 109 Å². The SMILES string of the molecule is CC(C)OP(=O)(OC(C)C)C(F)(Cc1cncc(-c2cn[nH]c2)c1)P(=O)(OC(C)C)OC(C)C.Cl.Cl.O=P(O)(O)C(F)(Cc1cncc(-c2cn[nH]c2)c1)P(=O)(O)O.O=P([O-])(O)C(F)(Cc1cncc(-c2cn[nH]c2)c1)P(=O)(O)O.[Na+]. The van der Waals surface area contributed by atoms with Crippen LogP contribution in [0.2, 0.25) is 0 Å². The summed E-state index contributed by atoms with van der Waals surface area (Å²) in [5.41, 5.74) is 3.49. The number of nitrogens with one attached hydrogen (secondary N) is 3. The molecule has 2 unspecified atom stereocenters. The summed E-state index contributed by atoms with van der Waals surface area (Å²) < 4.78 is 142. The summed E-state index contributed by atoms with van der Waals surface area (Å²) in [4.78, 5) is 85.6. The number of rotatable bonds is 23. The zero-order chi connectivity index (χ0) is 58.9. The van der Waals surface area contributed by atoms with Gasteiger partial charge in [0.25, 0.3) is 5.15 Å². The topological polar surface area (TPSA) is 429 Å². The van der Waals surface area contributed by atoms with Gasteiger partial charge in [0.15, 0.2) is 7.60 Å². The molecule has 10 N–H and O–H groups in total. The summed E-state index contributed by atoms with van der Waals surface area (Å²) in [5, 5.41) is 7.83. The maximum Gasteiger partial charge on any atom is 1.00 e. The fraction of sp³-hybridized carbons (Fsp3) is 0.429. The molecule has 6 aromatic rings. The van der Waals surface area contributed by atoms with Gasteiger partial charge in [0.2, 0.25) is 0 Å². The number of hydrogen-bond donors (Lipinski definition) is 10. The molecule has 0 saturated heterocycles. The molecule has 0 aliphatic heterocycles.